The molecule has 0 saturated heterocycles. The second kappa shape index (κ2) is 5.55. The molecule has 0 aliphatic heterocycles. The number of carbonyl (C=O) groups excluding carboxylic acids is 1. The van der Waals surface area contributed by atoms with E-state index in [1.54, 1.807) is 0 Å². The Bertz CT molecular complexity index is 152. The normalized spacial score (nSPS) is 8.82. The van der Waals surface area contributed by atoms with Crippen molar-refractivity contribution in [1.82, 2.24) is 0 Å². The van der Waals surface area contributed by atoms with Crippen molar-refractivity contribution in [2.75, 3.05) is 20.3 Å². The molecule has 0 fully saturated rings. The van der Waals surface area contributed by atoms with E-state index in [1.165, 1.54) is 7.11 Å². The Balaban J connectivity index is 3.46. The third-order valence-corrected chi connectivity index (χ3v) is 0.816. The first-order valence-corrected chi connectivity index (χ1v) is 3.05. The quantitative estimate of drug-likeness (QED) is 0.311. The van der Waals surface area contributed by atoms with E-state index in [9.17, 15) is 4.79 Å². The number of carbonyl (C=O) groups is 1. The fraction of sp³-hybridized carbons (Fsp3) is 0.500. The van der Waals surface area contributed by atoms with Gasteiger partial charge in [0, 0.05) is 7.11 Å². The number of hydrogen-bond donors (Lipinski definition) is 2. The molecular weight excluding hydrogens is 148 g/mol. The van der Waals surface area contributed by atoms with Crippen molar-refractivity contribution in [3.63, 3.8) is 0 Å². The van der Waals surface area contributed by atoms with Gasteiger partial charge < -0.3 is 20.9 Å². The van der Waals surface area contributed by atoms with Gasteiger partial charge >= 0.3 is 5.97 Å². The van der Waals surface area contributed by atoms with E-state index in [0.29, 0.717) is 6.61 Å². The number of rotatable bonds is 4. The van der Waals surface area contributed by atoms with E-state index in [1.807, 2.05) is 0 Å². The molecule has 0 bridgehead atoms. The van der Waals surface area contributed by atoms with E-state index >= 15 is 0 Å². The SMILES string of the molecule is COCCOC(=O)C=C(N)N. The van der Waals surface area contributed by atoms with Crippen molar-refractivity contribution >= 4 is 5.97 Å². The summed E-state index contributed by atoms with van der Waals surface area (Å²) in [5.41, 5.74) is 10.0. The average Bonchev–Trinajstić information content (AvgIpc) is 1.86. The number of hydrogen-bond acceptors (Lipinski definition) is 5. The molecule has 0 unspecified atom stereocenters. The van der Waals surface area contributed by atoms with Gasteiger partial charge in [-0.3, -0.25) is 0 Å². The van der Waals surface area contributed by atoms with Gasteiger partial charge in [0.1, 0.15) is 12.4 Å². The van der Waals surface area contributed by atoms with Crippen molar-refractivity contribution in [3.8, 4) is 0 Å². The lowest BCUT2D eigenvalue weighted by Gasteiger charge is -1.99. The number of nitrogens with two attached hydrogens (primary N) is 2. The maximum absolute atomic E-state index is 10.6. The van der Waals surface area contributed by atoms with Gasteiger partial charge in [-0.25, -0.2) is 4.79 Å². The minimum Gasteiger partial charge on any atom is -0.460 e. The first-order chi connectivity index (χ1) is 5.16. The molecule has 0 aliphatic carbocycles. The maximum Gasteiger partial charge on any atom is 0.334 e. The van der Waals surface area contributed by atoms with Gasteiger partial charge in [-0.2, -0.15) is 0 Å². The summed E-state index contributed by atoms with van der Waals surface area (Å²) < 4.78 is 9.23. The van der Waals surface area contributed by atoms with Crippen LogP contribution < -0.4 is 11.5 Å². The lowest BCUT2D eigenvalue weighted by Crippen LogP contribution is -2.13. The van der Waals surface area contributed by atoms with Crippen LogP contribution in [0.2, 0.25) is 0 Å². The Morgan fingerprint density at radius 2 is 2.09 bits per heavy atom. The lowest BCUT2D eigenvalue weighted by molar-refractivity contribution is -0.139. The molecule has 0 rings (SSSR count). The highest BCUT2D eigenvalue weighted by atomic mass is 16.6. The van der Waals surface area contributed by atoms with Crippen molar-refractivity contribution < 1.29 is 14.3 Å². The van der Waals surface area contributed by atoms with Crippen LogP contribution in [0, 0.1) is 0 Å². The maximum atomic E-state index is 10.6. The first-order valence-electron chi connectivity index (χ1n) is 3.05. The molecule has 0 heterocycles. The molecule has 0 aromatic heterocycles. The Morgan fingerprint density at radius 3 is 2.55 bits per heavy atom. The minimum atomic E-state index is -0.554. The number of ether oxygens (including phenoxy) is 2. The van der Waals surface area contributed by atoms with E-state index in [2.05, 4.69) is 9.47 Å². The molecule has 4 N–H and O–H groups in total. The van der Waals surface area contributed by atoms with Crippen LogP contribution in [-0.4, -0.2) is 26.3 Å². The van der Waals surface area contributed by atoms with Gasteiger partial charge in [0.25, 0.3) is 0 Å². The van der Waals surface area contributed by atoms with Crippen LogP contribution in [0.25, 0.3) is 0 Å². The summed E-state index contributed by atoms with van der Waals surface area (Å²) in [6.45, 7) is 0.573. The van der Waals surface area contributed by atoms with Crippen LogP contribution in [0.5, 0.6) is 0 Å². The van der Waals surface area contributed by atoms with E-state index in [0.717, 1.165) is 6.08 Å². The molecule has 5 nitrogen and oxygen atoms in total. The molecule has 64 valence electrons. The van der Waals surface area contributed by atoms with Gasteiger partial charge in [0.05, 0.1) is 12.7 Å². The second-order valence-electron chi connectivity index (χ2n) is 1.80. The highest BCUT2D eigenvalue weighted by molar-refractivity contribution is 5.82. The number of esters is 1. The Labute approximate surface area is 64.9 Å². The van der Waals surface area contributed by atoms with Crippen LogP contribution in [0.15, 0.2) is 11.9 Å². The summed E-state index contributed by atoms with van der Waals surface area (Å²) in [6, 6.07) is 0. The van der Waals surface area contributed by atoms with E-state index in [-0.39, 0.29) is 12.4 Å². The van der Waals surface area contributed by atoms with Gasteiger partial charge in [0.15, 0.2) is 0 Å². The molecule has 0 radical (unpaired) electrons. The molecule has 0 aromatic rings. The van der Waals surface area contributed by atoms with Crippen molar-refractivity contribution in [1.29, 1.82) is 0 Å². The van der Waals surface area contributed by atoms with Crippen LogP contribution >= 0.6 is 0 Å². The highest BCUT2D eigenvalue weighted by Crippen LogP contribution is 1.81. The summed E-state index contributed by atoms with van der Waals surface area (Å²) in [5, 5.41) is 0. The van der Waals surface area contributed by atoms with Crippen molar-refractivity contribution in [2.45, 2.75) is 0 Å². The third-order valence-electron chi connectivity index (χ3n) is 0.816. The molecule has 5 heteroatoms. The molecule has 0 atom stereocenters. The zero-order valence-electron chi connectivity index (χ0n) is 6.37. The topological polar surface area (TPSA) is 87.6 Å². The Morgan fingerprint density at radius 1 is 1.45 bits per heavy atom. The van der Waals surface area contributed by atoms with Crippen LogP contribution in [-0.2, 0) is 14.3 Å². The van der Waals surface area contributed by atoms with Crippen LogP contribution in [0.4, 0.5) is 0 Å². The molecular formula is C6H12N2O3. The predicted molar refractivity (Wildman–Crippen MR) is 39.3 cm³/mol. The number of methoxy groups -OCH3 is 1. The Hall–Kier alpha value is -1.23. The van der Waals surface area contributed by atoms with Gasteiger partial charge in [-0.1, -0.05) is 0 Å². The molecule has 0 saturated carbocycles. The van der Waals surface area contributed by atoms with Gasteiger partial charge in [-0.05, 0) is 0 Å². The Kier molecular flexibility index (Phi) is 4.93. The summed E-state index contributed by atoms with van der Waals surface area (Å²) >= 11 is 0. The third kappa shape index (κ3) is 6.66. The molecule has 0 aromatic carbocycles. The van der Waals surface area contributed by atoms with Crippen LogP contribution in [0.1, 0.15) is 0 Å². The standard InChI is InChI=1S/C6H12N2O3/c1-10-2-3-11-6(9)4-5(7)8/h4H,2-3,7-8H2,1H3. The zero-order valence-corrected chi connectivity index (χ0v) is 6.37. The molecule has 0 amide bonds. The summed E-state index contributed by atoms with van der Waals surface area (Å²) in [7, 11) is 1.51. The molecule has 0 aliphatic rings. The van der Waals surface area contributed by atoms with Gasteiger partial charge in [-0.15, -0.1) is 0 Å². The summed E-state index contributed by atoms with van der Waals surface area (Å²) in [6.07, 6.45) is 1.01. The molecule has 11 heavy (non-hydrogen) atoms. The minimum absolute atomic E-state index is 0.0626. The summed E-state index contributed by atoms with van der Waals surface area (Å²) in [4.78, 5) is 10.6. The second-order valence-corrected chi connectivity index (χ2v) is 1.80. The zero-order chi connectivity index (χ0) is 8.69. The van der Waals surface area contributed by atoms with Gasteiger partial charge in [0.2, 0.25) is 0 Å². The van der Waals surface area contributed by atoms with E-state index in [4.69, 9.17) is 11.5 Å². The lowest BCUT2D eigenvalue weighted by atomic mass is 10.6. The predicted octanol–water partition coefficient (Wildman–Crippen LogP) is -1.07. The van der Waals surface area contributed by atoms with Crippen molar-refractivity contribution in [3.05, 3.63) is 11.9 Å². The first kappa shape index (κ1) is 9.77. The fourth-order valence-corrected chi connectivity index (χ4v) is 0.403. The largest absolute Gasteiger partial charge is 0.460 e. The van der Waals surface area contributed by atoms with E-state index < -0.39 is 5.97 Å². The monoisotopic (exact) mass is 160 g/mol. The van der Waals surface area contributed by atoms with Crippen LogP contribution in [0.3, 0.4) is 0 Å². The smallest absolute Gasteiger partial charge is 0.334 e. The fourth-order valence-electron chi connectivity index (χ4n) is 0.403. The summed E-state index contributed by atoms with van der Waals surface area (Å²) in [5.74, 6) is -0.616. The highest BCUT2D eigenvalue weighted by Gasteiger charge is 1.96. The van der Waals surface area contributed by atoms with Crippen molar-refractivity contribution in [2.24, 2.45) is 11.5 Å². The molecule has 0 spiro atoms. The average molecular weight is 160 g/mol.